The molecule has 2 atom stereocenters. The summed E-state index contributed by atoms with van der Waals surface area (Å²) in [7, 11) is -3.14. The van der Waals surface area contributed by atoms with Crippen LogP contribution in [0.15, 0.2) is 10.8 Å². The minimum atomic E-state index is -3.14. The Morgan fingerprint density at radius 2 is 2.38 bits per heavy atom. The van der Waals surface area contributed by atoms with Gasteiger partial charge in [-0.1, -0.05) is 11.6 Å². The molecule has 1 heterocycles. The van der Waals surface area contributed by atoms with E-state index in [0.29, 0.717) is 11.6 Å². The fourth-order valence-corrected chi connectivity index (χ4v) is 3.63. The maximum atomic E-state index is 11.7. The van der Waals surface area contributed by atoms with Gasteiger partial charge in [-0.3, -0.25) is 9.09 Å². The van der Waals surface area contributed by atoms with E-state index in [4.69, 9.17) is 32.2 Å². The fourth-order valence-electron chi connectivity index (χ4n) is 0.958. The van der Waals surface area contributed by atoms with Gasteiger partial charge in [0.05, 0.1) is 17.5 Å². The molecular weight excluding hydrogens is 234 g/mol. The third-order valence-electron chi connectivity index (χ3n) is 1.67. The molecule has 76 valence electrons. The number of rotatable bonds is 3. The molecule has 0 aromatic rings. The zero-order valence-corrected chi connectivity index (χ0v) is 9.83. The van der Waals surface area contributed by atoms with Gasteiger partial charge in [0.2, 0.25) is 0 Å². The van der Waals surface area contributed by atoms with Crippen LogP contribution < -0.4 is 0 Å². The van der Waals surface area contributed by atoms with Gasteiger partial charge >= 0.3 is 7.60 Å². The summed E-state index contributed by atoms with van der Waals surface area (Å²) in [5.74, 6) is 1.47. The average molecular weight is 245 g/mol. The number of halogens is 2. The molecule has 0 bridgehead atoms. The zero-order chi connectivity index (χ0) is 10.1. The Morgan fingerprint density at radius 3 is 2.77 bits per heavy atom. The van der Waals surface area contributed by atoms with Crippen molar-refractivity contribution < 1.29 is 13.6 Å². The van der Waals surface area contributed by atoms with E-state index in [1.165, 1.54) is 5.82 Å². The molecule has 0 aliphatic carbocycles. The minimum Gasteiger partial charge on any atom is -0.306 e. The van der Waals surface area contributed by atoms with Crippen molar-refractivity contribution in [3.8, 4) is 0 Å². The van der Waals surface area contributed by atoms with E-state index in [9.17, 15) is 4.57 Å². The lowest BCUT2D eigenvalue weighted by Gasteiger charge is -2.22. The standard InChI is InChI=1S/C7H11Cl2O3P/c1-3-11-13(10)4-6(9)7(2,5-8)12-13/h4H,3,5H2,1-2H3. The highest BCUT2D eigenvalue weighted by atomic mass is 35.5. The van der Waals surface area contributed by atoms with E-state index in [-0.39, 0.29) is 5.88 Å². The first-order valence-electron chi connectivity index (χ1n) is 3.85. The number of alkyl halides is 1. The van der Waals surface area contributed by atoms with E-state index in [2.05, 4.69) is 0 Å². The molecule has 1 aliphatic rings. The second-order valence-electron chi connectivity index (χ2n) is 2.89. The van der Waals surface area contributed by atoms with E-state index < -0.39 is 13.2 Å². The maximum absolute atomic E-state index is 11.7. The molecule has 2 unspecified atom stereocenters. The van der Waals surface area contributed by atoms with Crippen LogP contribution in [0.4, 0.5) is 0 Å². The molecular formula is C7H11Cl2O3P. The Hall–Kier alpha value is 0.470. The SMILES string of the molecule is CCOP1(=O)C=C(Cl)C(C)(CCl)O1. The molecule has 0 saturated carbocycles. The normalized spacial score (nSPS) is 39.2. The van der Waals surface area contributed by atoms with Crippen molar-refractivity contribution in [3.05, 3.63) is 10.8 Å². The van der Waals surface area contributed by atoms with Crippen molar-refractivity contribution in [2.45, 2.75) is 19.4 Å². The second kappa shape index (κ2) is 3.92. The van der Waals surface area contributed by atoms with Gasteiger partial charge in [-0.25, -0.2) is 0 Å². The summed E-state index contributed by atoms with van der Waals surface area (Å²) in [5, 5.41) is 0.347. The number of hydrogen-bond donors (Lipinski definition) is 0. The molecule has 0 aromatic carbocycles. The summed E-state index contributed by atoms with van der Waals surface area (Å²) in [6, 6.07) is 0. The average Bonchev–Trinajstić information content (AvgIpc) is 2.24. The first kappa shape index (κ1) is 11.5. The van der Waals surface area contributed by atoms with Crippen molar-refractivity contribution >= 4 is 30.8 Å². The highest BCUT2D eigenvalue weighted by Crippen LogP contribution is 2.61. The molecule has 0 N–H and O–H groups in total. The van der Waals surface area contributed by atoms with Crippen LogP contribution in [-0.4, -0.2) is 18.1 Å². The summed E-state index contributed by atoms with van der Waals surface area (Å²) in [6.07, 6.45) is 0. The predicted molar refractivity (Wildman–Crippen MR) is 53.4 cm³/mol. The van der Waals surface area contributed by atoms with E-state index in [1.54, 1.807) is 13.8 Å². The molecule has 0 aromatic heterocycles. The molecule has 0 spiro atoms. The molecule has 0 saturated heterocycles. The Kier molecular flexibility index (Phi) is 3.48. The molecule has 0 amide bonds. The van der Waals surface area contributed by atoms with Crippen LogP contribution in [0.5, 0.6) is 0 Å². The van der Waals surface area contributed by atoms with Gasteiger partial charge in [0, 0.05) is 5.82 Å². The third kappa shape index (κ3) is 2.28. The van der Waals surface area contributed by atoms with Gasteiger partial charge < -0.3 is 4.52 Å². The van der Waals surface area contributed by atoms with Crippen molar-refractivity contribution in [2.24, 2.45) is 0 Å². The van der Waals surface area contributed by atoms with Crippen LogP contribution in [0.2, 0.25) is 0 Å². The van der Waals surface area contributed by atoms with Crippen LogP contribution in [0, 0.1) is 0 Å². The largest absolute Gasteiger partial charge is 0.356 e. The molecule has 1 rings (SSSR count). The monoisotopic (exact) mass is 244 g/mol. The maximum Gasteiger partial charge on any atom is 0.356 e. The lowest BCUT2D eigenvalue weighted by molar-refractivity contribution is 0.136. The van der Waals surface area contributed by atoms with Crippen molar-refractivity contribution in [1.29, 1.82) is 0 Å². The third-order valence-corrected chi connectivity index (χ3v) is 4.69. The predicted octanol–water partition coefficient (Wildman–Crippen LogP) is 3.32. The van der Waals surface area contributed by atoms with E-state index in [1.807, 2.05) is 0 Å². The smallest absolute Gasteiger partial charge is 0.306 e. The van der Waals surface area contributed by atoms with Gasteiger partial charge in [-0.05, 0) is 13.8 Å². The number of hydrogen-bond acceptors (Lipinski definition) is 3. The van der Waals surface area contributed by atoms with Gasteiger partial charge in [0.1, 0.15) is 5.60 Å². The Balaban J connectivity index is 2.87. The molecule has 13 heavy (non-hydrogen) atoms. The fraction of sp³-hybridized carbons (Fsp3) is 0.714. The molecule has 6 heteroatoms. The quantitative estimate of drug-likeness (QED) is 0.565. The molecule has 1 aliphatic heterocycles. The first-order chi connectivity index (χ1) is 5.96. The van der Waals surface area contributed by atoms with Gasteiger partial charge in [-0.15, -0.1) is 11.6 Å². The summed E-state index contributed by atoms with van der Waals surface area (Å²) in [6.45, 7) is 3.73. The van der Waals surface area contributed by atoms with Crippen molar-refractivity contribution in [2.75, 3.05) is 12.5 Å². The Labute approximate surface area is 87.5 Å². The van der Waals surface area contributed by atoms with Crippen LogP contribution in [0.25, 0.3) is 0 Å². The Morgan fingerprint density at radius 1 is 1.77 bits per heavy atom. The summed E-state index contributed by atoms with van der Waals surface area (Å²) in [5.41, 5.74) is -0.867. The highest BCUT2D eigenvalue weighted by molar-refractivity contribution is 7.57. The van der Waals surface area contributed by atoms with Crippen molar-refractivity contribution in [3.63, 3.8) is 0 Å². The first-order valence-corrected chi connectivity index (χ1v) is 6.38. The van der Waals surface area contributed by atoms with Crippen molar-refractivity contribution in [1.82, 2.24) is 0 Å². The van der Waals surface area contributed by atoms with Crippen LogP contribution in [0.3, 0.4) is 0 Å². The summed E-state index contributed by atoms with van der Waals surface area (Å²) >= 11 is 11.5. The Bertz CT molecular complexity index is 279. The molecule has 0 radical (unpaired) electrons. The van der Waals surface area contributed by atoms with Crippen LogP contribution >= 0.6 is 30.8 Å². The zero-order valence-electron chi connectivity index (χ0n) is 7.42. The topological polar surface area (TPSA) is 35.5 Å². The summed E-state index contributed by atoms with van der Waals surface area (Å²) in [4.78, 5) is 0. The highest BCUT2D eigenvalue weighted by Gasteiger charge is 2.44. The van der Waals surface area contributed by atoms with Crippen LogP contribution in [-0.2, 0) is 13.6 Å². The molecule has 3 nitrogen and oxygen atoms in total. The van der Waals surface area contributed by atoms with Gasteiger partial charge in [-0.2, -0.15) is 0 Å². The van der Waals surface area contributed by atoms with Crippen LogP contribution in [0.1, 0.15) is 13.8 Å². The second-order valence-corrected chi connectivity index (χ2v) is 5.34. The van der Waals surface area contributed by atoms with Gasteiger partial charge in [0.15, 0.2) is 0 Å². The van der Waals surface area contributed by atoms with Gasteiger partial charge in [0.25, 0.3) is 0 Å². The van der Waals surface area contributed by atoms with E-state index >= 15 is 0 Å². The summed E-state index contributed by atoms with van der Waals surface area (Å²) < 4.78 is 21.9. The lowest BCUT2D eigenvalue weighted by Crippen LogP contribution is -2.26. The molecule has 0 fully saturated rings. The minimum absolute atomic E-state index is 0.152. The van der Waals surface area contributed by atoms with E-state index in [0.717, 1.165) is 0 Å². The lowest BCUT2D eigenvalue weighted by atomic mass is 10.1.